The quantitative estimate of drug-likeness (QED) is 0.494. The van der Waals surface area contributed by atoms with E-state index in [1.807, 2.05) is 6.92 Å². The van der Waals surface area contributed by atoms with E-state index in [0.717, 1.165) is 25.7 Å². The molecule has 0 bridgehead atoms. The second-order valence-corrected chi connectivity index (χ2v) is 3.20. The van der Waals surface area contributed by atoms with Crippen molar-refractivity contribution >= 4 is 0 Å². The average molecular weight is 168 g/mol. The predicted molar refractivity (Wildman–Crippen MR) is 52.8 cm³/mol. The van der Waals surface area contributed by atoms with Crippen LogP contribution in [0.5, 0.6) is 0 Å². The SMILES string of the molecule is CCCCC#CCCC[C@@H](C)O. The lowest BCUT2D eigenvalue weighted by atomic mass is 10.2. The summed E-state index contributed by atoms with van der Waals surface area (Å²) >= 11 is 0. The monoisotopic (exact) mass is 168 g/mol. The highest BCUT2D eigenvalue weighted by atomic mass is 16.3. The fourth-order valence-electron chi connectivity index (χ4n) is 0.928. The summed E-state index contributed by atoms with van der Waals surface area (Å²) in [6.45, 7) is 4.00. The van der Waals surface area contributed by atoms with Gasteiger partial charge in [0, 0.05) is 12.8 Å². The Morgan fingerprint density at radius 1 is 1.17 bits per heavy atom. The summed E-state index contributed by atoms with van der Waals surface area (Å²) < 4.78 is 0. The van der Waals surface area contributed by atoms with Crippen molar-refractivity contribution in [2.24, 2.45) is 0 Å². The van der Waals surface area contributed by atoms with Gasteiger partial charge in [-0.2, -0.15) is 0 Å². The summed E-state index contributed by atoms with van der Waals surface area (Å²) in [5.74, 6) is 6.24. The van der Waals surface area contributed by atoms with Crippen molar-refractivity contribution in [3.8, 4) is 11.8 Å². The first-order chi connectivity index (χ1) is 5.77. The van der Waals surface area contributed by atoms with Crippen LogP contribution in [0.15, 0.2) is 0 Å². The Kier molecular flexibility index (Phi) is 8.27. The largest absolute Gasteiger partial charge is 0.393 e. The van der Waals surface area contributed by atoms with E-state index in [1.54, 1.807) is 0 Å². The van der Waals surface area contributed by atoms with Crippen LogP contribution >= 0.6 is 0 Å². The lowest BCUT2D eigenvalue weighted by Gasteiger charge is -1.98. The zero-order chi connectivity index (χ0) is 9.23. The van der Waals surface area contributed by atoms with Crippen molar-refractivity contribution < 1.29 is 5.11 Å². The zero-order valence-electron chi connectivity index (χ0n) is 8.27. The van der Waals surface area contributed by atoms with Crippen LogP contribution in [0.1, 0.15) is 52.4 Å². The Balaban J connectivity index is 3.10. The van der Waals surface area contributed by atoms with Gasteiger partial charge >= 0.3 is 0 Å². The Bertz CT molecular complexity index is 139. The normalized spacial score (nSPS) is 11.9. The van der Waals surface area contributed by atoms with Gasteiger partial charge in [0.15, 0.2) is 0 Å². The predicted octanol–water partition coefficient (Wildman–Crippen LogP) is 2.73. The molecule has 0 saturated carbocycles. The molecule has 0 spiro atoms. The highest BCUT2D eigenvalue weighted by molar-refractivity contribution is 4.98. The maximum Gasteiger partial charge on any atom is 0.0512 e. The van der Waals surface area contributed by atoms with Gasteiger partial charge in [-0.3, -0.25) is 0 Å². The molecular formula is C11H20O. The number of hydrogen-bond donors (Lipinski definition) is 1. The van der Waals surface area contributed by atoms with Crippen LogP contribution in [-0.2, 0) is 0 Å². The van der Waals surface area contributed by atoms with Gasteiger partial charge in [-0.05, 0) is 26.2 Å². The molecular weight excluding hydrogens is 148 g/mol. The number of aliphatic hydroxyl groups excluding tert-OH is 1. The van der Waals surface area contributed by atoms with Gasteiger partial charge < -0.3 is 5.11 Å². The molecule has 0 fully saturated rings. The van der Waals surface area contributed by atoms with Gasteiger partial charge in [-0.25, -0.2) is 0 Å². The minimum Gasteiger partial charge on any atom is -0.393 e. The molecule has 0 aromatic carbocycles. The van der Waals surface area contributed by atoms with E-state index in [-0.39, 0.29) is 6.10 Å². The van der Waals surface area contributed by atoms with Gasteiger partial charge in [0.25, 0.3) is 0 Å². The number of unbranched alkanes of at least 4 members (excludes halogenated alkanes) is 3. The van der Waals surface area contributed by atoms with Crippen molar-refractivity contribution in [3.05, 3.63) is 0 Å². The summed E-state index contributed by atoms with van der Waals surface area (Å²) in [7, 11) is 0. The molecule has 0 aromatic heterocycles. The molecule has 12 heavy (non-hydrogen) atoms. The Morgan fingerprint density at radius 2 is 1.75 bits per heavy atom. The molecule has 0 amide bonds. The van der Waals surface area contributed by atoms with E-state index in [2.05, 4.69) is 18.8 Å². The minimum atomic E-state index is -0.164. The van der Waals surface area contributed by atoms with Gasteiger partial charge in [-0.15, -0.1) is 11.8 Å². The van der Waals surface area contributed by atoms with E-state index in [1.165, 1.54) is 12.8 Å². The fraction of sp³-hybridized carbons (Fsp3) is 0.818. The van der Waals surface area contributed by atoms with Crippen LogP contribution in [0, 0.1) is 11.8 Å². The van der Waals surface area contributed by atoms with Gasteiger partial charge in [0.05, 0.1) is 6.10 Å². The van der Waals surface area contributed by atoms with Gasteiger partial charge in [-0.1, -0.05) is 13.3 Å². The van der Waals surface area contributed by atoms with E-state index in [0.29, 0.717) is 0 Å². The molecule has 0 aliphatic heterocycles. The standard InChI is InChI=1S/C11H20O/c1-3-4-5-6-7-8-9-10-11(2)12/h11-12H,3-5,8-10H2,1-2H3/t11-/m1/s1. The summed E-state index contributed by atoms with van der Waals surface area (Å²) in [6, 6.07) is 0. The highest BCUT2D eigenvalue weighted by Crippen LogP contribution is 1.98. The first-order valence-corrected chi connectivity index (χ1v) is 4.91. The van der Waals surface area contributed by atoms with E-state index in [9.17, 15) is 0 Å². The Hall–Kier alpha value is -0.480. The lowest BCUT2D eigenvalue weighted by Crippen LogP contribution is -1.97. The van der Waals surface area contributed by atoms with Crippen molar-refractivity contribution in [1.82, 2.24) is 0 Å². The van der Waals surface area contributed by atoms with Crippen molar-refractivity contribution in [1.29, 1.82) is 0 Å². The van der Waals surface area contributed by atoms with Crippen LogP contribution in [0.25, 0.3) is 0 Å². The second kappa shape index (κ2) is 8.62. The molecule has 1 N–H and O–H groups in total. The maximum absolute atomic E-state index is 8.94. The zero-order valence-corrected chi connectivity index (χ0v) is 8.27. The molecule has 0 unspecified atom stereocenters. The van der Waals surface area contributed by atoms with Gasteiger partial charge in [0.2, 0.25) is 0 Å². The Morgan fingerprint density at radius 3 is 2.25 bits per heavy atom. The molecule has 0 aliphatic carbocycles. The maximum atomic E-state index is 8.94. The van der Waals surface area contributed by atoms with Crippen LogP contribution in [0.3, 0.4) is 0 Å². The average Bonchev–Trinajstić information content (AvgIpc) is 2.02. The van der Waals surface area contributed by atoms with Crippen LogP contribution in [-0.4, -0.2) is 11.2 Å². The van der Waals surface area contributed by atoms with Crippen LogP contribution in [0.4, 0.5) is 0 Å². The molecule has 0 aliphatic rings. The van der Waals surface area contributed by atoms with Crippen LogP contribution in [0.2, 0.25) is 0 Å². The summed E-state index contributed by atoms with van der Waals surface area (Å²) in [5, 5.41) is 8.94. The third-order valence-corrected chi connectivity index (χ3v) is 1.70. The third-order valence-electron chi connectivity index (χ3n) is 1.70. The van der Waals surface area contributed by atoms with E-state index >= 15 is 0 Å². The van der Waals surface area contributed by atoms with E-state index in [4.69, 9.17) is 5.11 Å². The minimum absolute atomic E-state index is 0.164. The van der Waals surface area contributed by atoms with Crippen LogP contribution < -0.4 is 0 Å². The van der Waals surface area contributed by atoms with Crippen molar-refractivity contribution in [2.45, 2.75) is 58.5 Å². The number of rotatable bonds is 5. The topological polar surface area (TPSA) is 20.2 Å². The molecule has 1 atom stereocenters. The number of hydrogen-bond acceptors (Lipinski definition) is 1. The summed E-state index contributed by atoms with van der Waals surface area (Å²) in [4.78, 5) is 0. The summed E-state index contributed by atoms with van der Waals surface area (Å²) in [5.41, 5.74) is 0. The third kappa shape index (κ3) is 9.52. The molecule has 1 heteroatoms. The second-order valence-electron chi connectivity index (χ2n) is 3.20. The van der Waals surface area contributed by atoms with Gasteiger partial charge in [0.1, 0.15) is 0 Å². The molecule has 0 saturated heterocycles. The first kappa shape index (κ1) is 11.5. The molecule has 0 radical (unpaired) electrons. The summed E-state index contributed by atoms with van der Waals surface area (Å²) in [6.07, 6.45) is 6.15. The number of aliphatic hydroxyl groups is 1. The smallest absolute Gasteiger partial charge is 0.0512 e. The Labute approximate surface area is 76.2 Å². The molecule has 0 heterocycles. The molecule has 0 rings (SSSR count). The molecule has 1 nitrogen and oxygen atoms in total. The molecule has 70 valence electrons. The lowest BCUT2D eigenvalue weighted by molar-refractivity contribution is 0.182. The molecule has 0 aromatic rings. The van der Waals surface area contributed by atoms with E-state index < -0.39 is 0 Å². The van der Waals surface area contributed by atoms with Crippen molar-refractivity contribution in [3.63, 3.8) is 0 Å². The first-order valence-electron chi connectivity index (χ1n) is 4.91. The van der Waals surface area contributed by atoms with Crippen molar-refractivity contribution in [2.75, 3.05) is 0 Å². The fourth-order valence-corrected chi connectivity index (χ4v) is 0.928. The highest BCUT2D eigenvalue weighted by Gasteiger charge is 1.92.